The van der Waals surface area contributed by atoms with Crippen LogP contribution >= 0.6 is 12.2 Å². The average molecular weight is 468 g/mol. The number of nitrogens with zero attached hydrogens (tertiary/aromatic N) is 4. The maximum atomic E-state index is 5.86. The first-order valence-corrected chi connectivity index (χ1v) is 12.0. The number of aryl methyl sites for hydroxylation is 3. The van der Waals surface area contributed by atoms with Crippen molar-refractivity contribution >= 4 is 17.3 Å². The molecule has 1 aliphatic heterocycles. The van der Waals surface area contributed by atoms with Crippen molar-refractivity contribution in [1.29, 1.82) is 0 Å². The maximum Gasteiger partial charge on any atom is 0.170 e. The maximum absolute atomic E-state index is 5.86. The van der Waals surface area contributed by atoms with Crippen LogP contribution in [-0.4, -0.2) is 24.5 Å². The number of benzene rings is 1. The van der Waals surface area contributed by atoms with Gasteiger partial charge in [-0.05, 0) is 99.1 Å². The molecule has 5 rings (SSSR count). The third-order valence-electron chi connectivity index (χ3n) is 6.51. The van der Waals surface area contributed by atoms with Crippen molar-refractivity contribution in [3.05, 3.63) is 113 Å². The van der Waals surface area contributed by atoms with Crippen molar-refractivity contribution in [2.75, 3.05) is 0 Å². The first kappa shape index (κ1) is 22.3. The minimum atomic E-state index is -0.0504. The Balaban J connectivity index is 1.63. The molecule has 1 N–H and O–H groups in total. The first-order chi connectivity index (χ1) is 16.4. The number of aromatic nitrogens is 3. The largest absolute Gasteiger partial charge is 0.352 e. The van der Waals surface area contributed by atoms with Gasteiger partial charge in [0.25, 0.3) is 0 Å². The van der Waals surface area contributed by atoms with Gasteiger partial charge in [-0.25, -0.2) is 0 Å². The van der Waals surface area contributed by atoms with Crippen LogP contribution < -0.4 is 5.32 Å². The predicted octanol–water partition coefficient (Wildman–Crippen LogP) is 5.67. The second-order valence-corrected chi connectivity index (χ2v) is 9.47. The highest BCUT2D eigenvalue weighted by molar-refractivity contribution is 7.80. The molecule has 172 valence electrons. The van der Waals surface area contributed by atoms with Gasteiger partial charge in [-0.15, -0.1) is 0 Å². The molecule has 4 aromatic rings. The number of rotatable bonds is 5. The zero-order valence-corrected chi connectivity index (χ0v) is 20.8. The van der Waals surface area contributed by atoms with E-state index >= 15 is 0 Å². The molecule has 4 heterocycles. The Labute approximate surface area is 206 Å². The van der Waals surface area contributed by atoms with Crippen LogP contribution in [0.3, 0.4) is 0 Å². The van der Waals surface area contributed by atoms with Gasteiger partial charge < -0.3 is 14.8 Å². The molecule has 0 saturated carbocycles. The van der Waals surface area contributed by atoms with Crippen LogP contribution in [0.2, 0.25) is 0 Å². The molecule has 1 saturated heterocycles. The number of pyridine rings is 2. The number of hydrogen-bond donors (Lipinski definition) is 1. The standard InChI is InChI=1S/C28H29N5S/c1-18-13-19(2)15-23(14-18)33-20(3)16-24(21(33)4)27-26(25-10-6-8-12-30-25)31-28(34)32(27)17-22-9-5-7-11-29-22/h5-16,26-27H,17H2,1-4H3,(H,31,34)/t26-,27-/m0/s1. The lowest BCUT2D eigenvalue weighted by Gasteiger charge is -2.28. The Bertz CT molecular complexity index is 1310. The molecule has 2 atom stereocenters. The van der Waals surface area contributed by atoms with Gasteiger partial charge in [-0.3, -0.25) is 9.97 Å². The van der Waals surface area contributed by atoms with Crippen molar-refractivity contribution in [3.63, 3.8) is 0 Å². The quantitative estimate of drug-likeness (QED) is 0.383. The average Bonchev–Trinajstić information content (AvgIpc) is 3.29. The summed E-state index contributed by atoms with van der Waals surface area (Å²) in [6, 6.07) is 21.0. The molecule has 1 aromatic carbocycles. The van der Waals surface area contributed by atoms with Gasteiger partial charge in [0.15, 0.2) is 5.11 Å². The van der Waals surface area contributed by atoms with Crippen LogP contribution in [0.25, 0.3) is 5.69 Å². The monoisotopic (exact) mass is 467 g/mol. The summed E-state index contributed by atoms with van der Waals surface area (Å²) in [5, 5.41) is 4.29. The third kappa shape index (κ3) is 4.10. The van der Waals surface area contributed by atoms with Crippen LogP contribution in [0.15, 0.2) is 73.1 Å². The number of thiocarbonyl (C=S) groups is 1. The van der Waals surface area contributed by atoms with Crippen molar-refractivity contribution in [2.24, 2.45) is 0 Å². The number of hydrogen-bond acceptors (Lipinski definition) is 3. The van der Waals surface area contributed by atoms with E-state index in [9.17, 15) is 0 Å². The van der Waals surface area contributed by atoms with E-state index in [1.54, 1.807) is 0 Å². The highest BCUT2D eigenvalue weighted by Gasteiger charge is 2.41. The van der Waals surface area contributed by atoms with Gasteiger partial charge in [0.05, 0.1) is 30.0 Å². The molecule has 0 radical (unpaired) electrons. The molecular formula is C28H29N5S. The fraction of sp³-hybridized carbons (Fsp3) is 0.250. The molecule has 3 aromatic heterocycles. The molecule has 6 heteroatoms. The zero-order valence-electron chi connectivity index (χ0n) is 20.0. The second kappa shape index (κ2) is 9.03. The summed E-state index contributed by atoms with van der Waals surface area (Å²) < 4.78 is 2.35. The predicted molar refractivity (Wildman–Crippen MR) is 140 cm³/mol. The Morgan fingerprint density at radius 1 is 0.882 bits per heavy atom. The van der Waals surface area contributed by atoms with Crippen LogP contribution in [0, 0.1) is 27.7 Å². The van der Waals surface area contributed by atoms with Gasteiger partial charge in [-0.2, -0.15) is 0 Å². The number of nitrogens with one attached hydrogen (secondary N) is 1. The normalized spacial score (nSPS) is 17.8. The van der Waals surface area contributed by atoms with Gasteiger partial charge in [0, 0.05) is 29.5 Å². The SMILES string of the molecule is Cc1cc(C)cc(-n2c(C)cc([C@H]3[C@H](c4ccccn4)NC(=S)N3Cc3ccccn3)c2C)c1. The molecular weight excluding hydrogens is 438 g/mol. The second-order valence-electron chi connectivity index (χ2n) is 9.08. The highest BCUT2D eigenvalue weighted by Crippen LogP contribution is 2.42. The molecule has 1 aliphatic rings. The summed E-state index contributed by atoms with van der Waals surface area (Å²) in [6.45, 7) is 9.31. The van der Waals surface area contributed by atoms with E-state index in [0.717, 1.165) is 16.5 Å². The van der Waals surface area contributed by atoms with Gasteiger partial charge in [-0.1, -0.05) is 18.2 Å². The topological polar surface area (TPSA) is 46.0 Å². The molecule has 0 spiro atoms. The summed E-state index contributed by atoms with van der Waals surface area (Å²) in [5.74, 6) is 0. The summed E-state index contributed by atoms with van der Waals surface area (Å²) in [4.78, 5) is 11.5. The highest BCUT2D eigenvalue weighted by atomic mass is 32.1. The molecule has 5 nitrogen and oxygen atoms in total. The van der Waals surface area contributed by atoms with Crippen LogP contribution in [-0.2, 0) is 6.54 Å². The third-order valence-corrected chi connectivity index (χ3v) is 6.86. The molecule has 0 bridgehead atoms. The van der Waals surface area contributed by atoms with E-state index in [4.69, 9.17) is 12.2 Å². The minimum absolute atomic E-state index is 0.00439. The minimum Gasteiger partial charge on any atom is -0.352 e. The van der Waals surface area contributed by atoms with Crippen LogP contribution in [0.4, 0.5) is 0 Å². The van der Waals surface area contributed by atoms with Gasteiger partial charge in [0.1, 0.15) is 0 Å². The smallest absolute Gasteiger partial charge is 0.170 e. The van der Waals surface area contributed by atoms with Gasteiger partial charge in [0.2, 0.25) is 0 Å². The fourth-order valence-corrected chi connectivity index (χ4v) is 5.45. The Hall–Kier alpha value is -3.51. The van der Waals surface area contributed by atoms with E-state index in [2.05, 4.69) is 82.8 Å². The molecule has 0 amide bonds. The van der Waals surface area contributed by atoms with Crippen molar-refractivity contribution in [2.45, 2.75) is 46.3 Å². The van der Waals surface area contributed by atoms with E-state index in [-0.39, 0.29) is 12.1 Å². The summed E-state index contributed by atoms with van der Waals surface area (Å²) in [6.07, 6.45) is 3.68. The molecule has 1 fully saturated rings. The Morgan fingerprint density at radius 3 is 2.24 bits per heavy atom. The van der Waals surface area contributed by atoms with E-state index in [1.165, 1.54) is 33.8 Å². The molecule has 0 aliphatic carbocycles. The van der Waals surface area contributed by atoms with Gasteiger partial charge >= 0.3 is 0 Å². The first-order valence-electron chi connectivity index (χ1n) is 11.6. The molecule has 34 heavy (non-hydrogen) atoms. The van der Waals surface area contributed by atoms with Crippen LogP contribution in [0.1, 0.15) is 51.5 Å². The van der Waals surface area contributed by atoms with Crippen molar-refractivity contribution in [3.8, 4) is 5.69 Å². The lowest BCUT2D eigenvalue weighted by molar-refractivity contribution is 0.307. The molecule has 0 unspecified atom stereocenters. The van der Waals surface area contributed by atoms with Crippen LogP contribution in [0.5, 0.6) is 0 Å². The summed E-state index contributed by atoms with van der Waals surface area (Å²) in [7, 11) is 0. The Kier molecular flexibility index (Phi) is 5.92. The van der Waals surface area contributed by atoms with E-state index in [1.807, 2.05) is 42.7 Å². The van der Waals surface area contributed by atoms with Crippen molar-refractivity contribution in [1.82, 2.24) is 24.8 Å². The fourth-order valence-electron chi connectivity index (χ4n) is 5.14. The van der Waals surface area contributed by atoms with Crippen molar-refractivity contribution < 1.29 is 0 Å². The van der Waals surface area contributed by atoms with E-state index < -0.39 is 0 Å². The summed E-state index contributed by atoms with van der Waals surface area (Å²) in [5.41, 5.74) is 9.34. The Morgan fingerprint density at radius 2 is 1.59 bits per heavy atom. The zero-order chi connectivity index (χ0) is 23.8. The lowest BCUT2D eigenvalue weighted by atomic mass is 9.96. The summed E-state index contributed by atoms with van der Waals surface area (Å²) >= 11 is 5.86. The van der Waals surface area contributed by atoms with E-state index in [0.29, 0.717) is 6.54 Å². The lowest BCUT2D eigenvalue weighted by Crippen LogP contribution is -2.29.